The van der Waals surface area contributed by atoms with Crippen LogP contribution in [0, 0.1) is 0 Å². The summed E-state index contributed by atoms with van der Waals surface area (Å²) in [6, 6.07) is 0.0873. The summed E-state index contributed by atoms with van der Waals surface area (Å²) in [4.78, 5) is 15.7. The van der Waals surface area contributed by atoms with Crippen LogP contribution in [0.2, 0.25) is 0 Å². The van der Waals surface area contributed by atoms with Crippen molar-refractivity contribution in [3.05, 3.63) is 18.7 Å². The first-order valence-electron chi connectivity index (χ1n) is 5.33. The maximum absolute atomic E-state index is 11.8. The van der Waals surface area contributed by atoms with Crippen molar-refractivity contribution in [1.29, 1.82) is 0 Å². The normalized spacial score (nSPS) is 19.5. The zero-order valence-corrected chi connectivity index (χ0v) is 12.5. The maximum Gasteiger partial charge on any atom is 0.238 e. The molecule has 18 heavy (non-hydrogen) atoms. The Bertz CT molecular complexity index is 344. The number of hydrogen-bond acceptors (Lipinski definition) is 4. The lowest BCUT2D eigenvalue weighted by molar-refractivity contribution is -0.123. The minimum atomic E-state index is -0.0322. The highest BCUT2D eigenvalue weighted by atomic mass is 35.5. The topological polar surface area (TPSA) is 59.0 Å². The maximum atomic E-state index is 11.8. The monoisotopic (exact) mass is 312 g/mol. The Balaban J connectivity index is 0.00000144. The molecule has 1 saturated heterocycles. The number of amides is 1. The Morgan fingerprint density at radius 3 is 3.00 bits per heavy atom. The van der Waals surface area contributed by atoms with E-state index in [4.69, 9.17) is 0 Å². The molecule has 2 N–H and O–H groups in total. The van der Waals surface area contributed by atoms with Crippen LogP contribution >= 0.6 is 36.6 Å². The zero-order valence-electron chi connectivity index (χ0n) is 10.0. The molecule has 104 valence electrons. The molecule has 1 amide bonds. The Morgan fingerprint density at radius 1 is 1.67 bits per heavy atom. The van der Waals surface area contributed by atoms with Gasteiger partial charge in [0.05, 0.1) is 12.4 Å². The predicted molar refractivity (Wildman–Crippen MR) is 78.6 cm³/mol. The third kappa shape index (κ3) is 5.06. The fraction of sp³-hybridized carbons (Fsp3) is 0.600. The van der Waals surface area contributed by atoms with Crippen LogP contribution in [0.1, 0.15) is 6.92 Å². The summed E-state index contributed by atoms with van der Waals surface area (Å²) >= 11 is 1.76. The second kappa shape index (κ2) is 8.63. The molecule has 0 spiro atoms. The smallest absolute Gasteiger partial charge is 0.238 e. The fourth-order valence-electron chi connectivity index (χ4n) is 1.66. The summed E-state index contributed by atoms with van der Waals surface area (Å²) in [6.07, 6.45) is 5.39. The van der Waals surface area contributed by atoms with Gasteiger partial charge in [-0.1, -0.05) is 0 Å². The van der Waals surface area contributed by atoms with Crippen LogP contribution < -0.4 is 10.6 Å². The molecule has 1 aromatic heterocycles. The minimum absolute atomic E-state index is 0. The fourth-order valence-corrected chi connectivity index (χ4v) is 2.61. The quantitative estimate of drug-likeness (QED) is 0.867. The molecule has 0 aromatic carbocycles. The number of thioether (sulfide) groups is 1. The van der Waals surface area contributed by atoms with Crippen LogP contribution in [-0.2, 0) is 11.3 Å². The molecule has 1 fully saturated rings. The predicted octanol–water partition coefficient (Wildman–Crippen LogP) is 0.894. The van der Waals surface area contributed by atoms with E-state index in [0.717, 1.165) is 18.2 Å². The number of imidazole rings is 1. The first-order valence-corrected chi connectivity index (χ1v) is 6.48. The molecule has 1 aliphatic rings. The Morgan fingerprint density at radius 2 is 2.44 bits per heavy atom. The van der Waals surface area contributed by atoms with Gasteiger partial charge >= 0.3 is 0 Å². The summed E-state index contributed by atoms with van der Waals surface area (Å²) in [5.74, 6) is 1.83. The molecule has 1 aromatic rings. The van der Waals surface area contributed by atoms with E-state index < -0.39 is 0 Å². The van der Waals surface area contributed by atoms with Gasteiger partial charge in [0.2, 0.25) is 5.91 Å². The molecular weight excluding hydrogens is 295 g/mol. The lowest BCUT2D eigenvalue weighted by atomic mass is 10.2. The van der Waals surface area contributed by atoms with Gasteiger partial charge in [0.25, 0.3) is 0 Å². The van der Waals surface area contributed by atoms with Crippen LogP contribution in [0.15, 0.2) is 18.7 Å². The molecule has 0 bridgehead atoms. The Kier molecular flexibility index (Phi) is 8.43. The highest BCUT2D eigenvalue weighted by Crippen LogP contribution is 2.09. The van der Waals surface area contributed by atoms with Crippen LogP contribution in [0.4, 0.5) is 0 Å². The molecule has 2 heterocycles. The minimum Gasteiger partial charge on any atom is -0.350 e. The Labute approximate surface area is 123 Å². The van der Waals surface area contributed by atoms with Crippen molar-refractivity contribution in [2.24, 2.45) is 0 Å². The van der Waals surface area contributed by atoms with Crippen molar-refractivity contribution in [2.45, 2.75) is 25.6 Å². The van der Waals surface area contributed by atoms with Gasteiger partial charge in [0.15, 0.2) is 0 Å². The molecule has 0 aliphatic carbocycles. The first kappa shape index (κ1) is 17.6. The van der Waals surface area contributed by atoms with E-state index >= 15 is 0 Å². The van der Waals surface area contributed by atoms with Crippen molar-refractivity contribution in [1.82, 2.24) is 20.2 Å². The van der Waals surface area contributed by atoms with Gasteiger partial charge in [0, 0.05) is 36.6 Å². The molecule has 1 aliphatic heterocycles. The summed E-state index contributed by atoms with van der Waals surface area (Å²) in [5.41, 5.74) is 0. The van der Waals surface area contributed by atoms with Crippen molar-refractivity contribution in [3.8, 4) is 0 Å². The summed E-state index contributed by atoms with van der Waals surface area (Å²) in [6.45, 7) is 2.76. The molecule has 8 heteroatoms. The van der Waals surface area contributed by atoms with Crippen LogP contribution in [0.25, 0.3) is 0 Å². The van der Waals surface area contributed by atoms with Crippen molar-refractivity contribution < 1.29 is 4.79 Å². The third-order valence-corrected chi connectivity index (χ3v) is 3.41. The SMILES string of the molecule is CC(Cn1ccnc1)NC(=O)C1CSCN1.Cl.Cl. The number of aromatic nitrogens is 2. The van der Waals surface area contributed by atoms with E-state index in [1.54, 1.807) is 24.3 Å². The zero-order chi connectivity index (χ0) is 11.4. The largest absolute Gasteiger partial charge is 0.350 e. The van der Waals surface area contributed by atoms with Gasteiger partial charge in [-0.25, -0.2) is 4.98 Å². The van der Waals surface area contributed by atoms with Crippen LogP contribution in [0.5, 0.6) is 0 Å². The van der Waals surface area contributed by atoms with Crippen LogP contribution in [-0.4, -0.2) is 39.2 Å². The van der Waals surface area contributed by atoms with Gasteiger partial charge in [-0.05, 0) is 6.92 Å². The van der Waals surface area contributed by atoms with Gasteiger partial charge in [-0.15, -0.1) is 36.6 Å². The Hall–Kier alpha value is -0.430. The summed E-state index contributed by atoms with van der Waals surface area (Å²) < 4.78 is 1.96. The van der Waals surface area contributed by atoms with Crippen LogP contribution in [0.3, 0.4) is 0 Å². The first-order chi connectivity index (χ1) is 7.75. The molecule has 2 atom stereocenters. The van der Waals surface area contributed by atoms with Crippen molar-refractivity contribution >= 4 is 42.5 Å². The molecule has 0 saturated carbocycles. The van der Waals surface area contributed by atoms with Gasteiger partial charge in [0.1, 0.15) is 0 Å². The summed E-state index contributed by atoms with van der Waals surface area (Å²) in [5, 5.41) is 6.15. The number of halogens is 2. The van der Waals surface area contributed by atoms with E-state index in [1.807, 2.05) is 17.7 Å². The van der Waals surface area contributed by atoms with Crippen molar-refractivity contribution in [3.63, 3.8) is 0 Å². The number of nitrogens with one attached hydrogen (secondary N) is 2. The molecule has 2 unspecified atom stereocenters. The number of carbonyl (C=O) groups excluding carboxylic acids is 1. The summed E-state index contributed by atoms with van der Waals surface area (Å²) in [7, 11) is 0. The standard InChI is InChI=1S/C10H16N4OS.2ClH/c1-8(4-14-3-2-11-6-14)13-10(15)9-5-16-7-12-9;;/h2-3,6,8-9,12H,4-5,7H2,1H3,(H,13,15);2*1H. The average Bonchev–Trinajstić information content (AvgIpc) is 2.88. The lowest BCUT2D eigenvalue weighted by Gasteiger charge is -2.17. The highest BCUT2D eigenvalue weighted by Gasteiger charge is 2.23. The third-order valence-electron chi connectivity index (χ3n) is 2.47. The van der Waals surface area contributed by atoms with Gasteiger partial charge < -0.3 is 9.88 Å². The van der Waals surface area contributed by atoms with Gasteiger partial charge in [-0.2, -0.15) is 0 Å². The van der Waals surface area contributed by atoms with E-state index in [-0.39, 0.29) is 42.8 Å². The number of rotatable bonds is 4. The lowest BCUT2D eigenvalue weighted by Crippen LogP contribution is -2.46. The van der Waals surface area contributed by atoms with E-state index in [9.17, 15) is 4.79 Å². The second-order valence-corrected chi connectivity index (χ2v) is 4.97. The molecular formula is C10H18Cl2N4OS. The average molecular weight is 313 g/mol. The van der Waals surface area contributed by atoms with Gasteiger partial charge in [-0.3, -0.25) is 10.1 Å². The second-order valence-electron chi connectivity index (χ2n) is 3.94. The molecule has 2 rings (SSSR count). The van der Waals surface area contributed by atoms with E-state index in [0.29, 0.717) is 0 Å². The number of nitrogens with zero attached hydrogens (tertiary/aromatic N) is 2. The van der Waals surface area contributed by atoms with E-state index in [1.165, 1.54) is 0 Å². The number of carbonyl (C=O) groups is 1. The number of hydrogen-bond donors (Lipinski definition) is 2. The highest BCUT2D eigenvalue weighted by molar-refractivity contribution is 7.99. The molecule has 5 nitrogen and oxygen atoms in total. The van der Waals surface area contributed by atoms with E-state index in [2.05, 4.69) is 15.6 Å². The van der Waals surface area contributed by atoms with Crippen molar-refractivity contribution in [2.75, 3.05) is 11.6 Å². The molecule has 0 radical (unpaired) electrons.